The lowest BCUT2D eigenvalue weighted by Gasteiger charge is -2.39. The fourth-order valence-corrected chi connectivity index (χ4v) is 6.34. The minimum atomic E-state index is -3.43. The molecular weight excluding hydrogens is 386 g/mol. The number of rotatable bonds is 4. The van der Waals surface area contributed by atoms with E-state index in [9.17, 15) is 8.42 Å². The van der Waals surface area contributed by atoms with Crippen LogP contribution in [0.2, 0.25) is 0 Å². The third-order valence-corrected chi connectivity index (χ3v) is 8.97. The molecule has 0 saturated carbocycles. The van der Waals surface area contributed by atoms with Gasteiger partial charge in [0.15, 0.2) is 0 Å². The fourth-order valence-electron chi connectivity index (χ4n) is 4.90. The number of hydrogen-bond acceptors (Lipinski definition) is 5. The van der Waals surface area contributed by atoms with E-state index in [4.69, 9.17) is 4.74 Å². The van der Waals surface area contributed by atoms with Crippen LogP contribution < -0.4 is 0 Å². The number of piperazine rings is 1. The minimum absolute atomic E-state index is 0.137. The summed E-state index contributed by atoms with van der Waals surface area (Å²) in [5.41, 5.74) is 1.03. The summed E-state index contributed by atoms with van der Waals surface area (Å²) in [4.78, 5) is 5.34. The molecule has 0 aromatic heterocycles. The van der Waals surface area contributed by atoms with Gasteiger partial charge in [0, 0.05) is 45.3 Å². The van der Waals surface area contributed by atoms with E-state index in [1.165, 1.54) is 0 Å². The zero-order valence-electron chi connectivity index (χ0n) is 18.0. The van der Waals surface area contributed by atoms with Gasteiger partial charge in [-0.05, 0) is 49.9 Å². The highest BCUT2D eigenvalue weighted by Gasteiger charge is 2.46. The molecule has 0 bridgehead atoms. The van der Waals surface area contributed by atoms with Crippen LogP contribution in [0.25, 0.3) is 0 Å². The van der Waals surface area contributed by atoms with Crippen molar-refractivity contribution in [3.05, 3.63) is 29.8 Å². The van der Waals surface area contributed by atoms with E-state index in [-0.39, 0.29) is 5.60 Å². The van der Waals surface area contributed by atoms with E-state index in [2.05, 4.69) is 30.7 Å². The largest absolute Gasteiger partial charge is 0.373 e. The van der Waals surface area contributed by atoms with Gasteiger partial charge < -0.3 is 9.64 Å². The molecule has 1 aromatic carbocycles. The summed E-state index contributed by atoms with van der Waals surface area (Å²) in [5, 5.41) is 0. The van der Waals surface area contributed by atoms with Gasteiger partial charge >= 0.3 is 0 Å². The van der Waals surface area contributed by atoms with E-state index in [1.807, 2.05) is 12.1 Å². The van der Waals surface area contributed by atoms with Crippen LogP contribution >= 0.6 is 0 Å². The summed E-state index contributed by atoms with van der Waals surface area (Å²) < 4.78 is 34.1. The third-order valence-electron chi connectivity index (χ3n) is 7.06. The Bertz CT molecular complexity index is 793. The molecule has 7 heteroatoms. The third kappa shape index (κ3) is 4.39. The SMILES string of the molecule is CC(C)c1ccc(S(=O)(=O)N2CCC3(CC2)C[C@@H](N2CCN(C)CC2)CO3)cc1. The van der Waals surface area contributed by atoms with Crippen LogP contribution in [0.3, 0.4) is 0 Å². The van der Waals surface area contributed by atoms with Crippen LogP contribution in [-0.2, 0) is 14.8 Å². The molecule has 29 heavy (non-hydrogen) atoms. The van der Waals surface area contributed by atoms with Gasteiger partial charge in [-0.15, -0.1) is 0 Å². The quantitative estimate of drug-likeness (QED) is 0.747. The lowest BCUT2D eigenvalue weighted by atomic mass is 9.88. The number of piperidine rings is 1. The molecular formula is C22H35N3O3S. The summed E-state index contributed by atoms with van der Waals surface area (Å²) in [6.07, 6.45) is 2.62. The Hall–Kier alpha value is -0.990. The van der Waals surface area contributed by atoms with Crippen molar-refractivity contribution < 1.29 is 13.2 Å². The molecule has 0 aliphatic carbocycles. The van der Waals surface area contributed by atoms with Crippen molar-refractivity contribution in [3.63, 3.8) is 0 Å². The van der Waals surface area contributed by atoms with Crippen LogP contribution in [0.5, 0.6) is 0 Å². The Morgan fingerprint density at radius 3 is 2.21 bits per heavy atom. The van der Waals surface area contributed by atoms with E-state index >= 15 is 0 Å². The monoisotopic (exact) mass is 421 g/mol. The maximum Gasteiger partial charge on any atom is 0.243 e. The predicted octanol–water partition coefficient (Wildman–Crippen LogP) is 2.37. The van der Waals surface area contributed by atoms with Crippen LogP contribution in [0.1, 0.15) is 44.6 Å². The highest BCUT2D eigenvalue weighted by molar-refractivity contribution is 7.89. The molecule has 0 amide bonds. The number of ether oxygens (including phenoxy) is 1. The molecule has 3 aliphatic heterocycles. The summed E-state index contributed by atoms with van der Waals surface area (Å²) in [7, 11) is -1.25. The maximum absolute atomic E-state index is 13.1. The van der Waals surface area contributed by atoms with Crippen LogP contribution in [0.4, 0.5) is 0 Å². The Balaban J connectivity index is 1.36. The first-order valence-corrected chi connectivity index (χ1v) is 12.4. The zero-order chi connectivity index (χ0) is 20.6. The summed E-state index contributed by atoms with van der Waals surface area (Å²) in [6, 6.07) is 7.86. The van der Waals surface area contributed by atoms with Crippen molar-refractivity contribution in [2.45, 2.75) is 55.6 Å². The van der Waals surface area contributed by atoms with E-state index < -0.39 is 10.0 Å². The molecule has 6 nitrogen and oxygen atoms in total. The number of sulfonamides is 1. The number of nitrogens with zero attached hydrogens (tertiary/aromatic N) is 3. The number of hydrogen-bond donors (Lipinski definition) is 0. The van der Waals surface area contributed by atoms with Crippen LogP contribution in [-0.4, -0.2) is 87.1 Å². The second-order valence-corrected chi connectivity index (χ2v) is 11.3. The summed E-state index contributed by atoms with van der Waals surface area (Å²) >= 11 is 0. The molecule has 1 spiro atoms. The molecule has 1 atom stereocenters. The number of benzene rings is 1. The van der Waals surface area contributed by atoms with Crippen molar-refractivity contribution in [3.8, 4) is 0 Å². The van der Waals surface area contributed by atoms with Crippen molar-refractivity contribution in [2.75, 3.05) is 52.9 Å². The van der Waals surface area contributed by atoms with Gasteiger partial charge in [0.1, 0.15) is 0 Å². The average molecular weight is 422 g/mol. The van der Waals surface area contributed by atoms with Crippen molar-refractivity contribution in [1.29, 1.82) is 0 Å². The van der Waals surface area contributed by atoms with Gasteiger partial charge in [0.05, 0.1) is 17.1 Å². The van der Waals surface area contributed by atoms with E-state index in [1.54, 1.807) is 16.4 Å². The fraction of sp³-hybridized carbons (Fsp3) is 0.727. The molecule has 0 radical (unpaired) electrons. The van der Waals surface area contributed by atoms with Gasteiger partial charge in [-0.2, -0.15) is 4.31 Å². The minimum Gasteiger partial charge on any atom is -0.373 e. The Morgan fingerprint density at radius 1 is 1.00 bits per heavy atom. The lowest BCUT2D eigenvalue weighted by Crippen LogP contribution is -2.50. The first-order chi connectivity index (χ1) is 13.8. The van der Waals surface area contributed by atoms with Crippen molar-refractivity contribution in [1.82, 2.24) is 14.1 Å². The molecule has 0 unspecified atom stereocenters. The van der Waals surface area contributed by atoms with Crippen LogP contribution in [0.15, 0.2) is 29.2 Å². The maximum atomic E-state index is 13.1. The van der Waals surface area contributed by atoms with Gasteiger partial charge in [-0.3, -0.25) is 4.90 Å². The second-order valence-electron chi connectivity index (χ2n) is 9.32. The van der Waals surface area contributed by atoms with E-state index in [0.717, 1.165) is 57.6 Å². The summed E-state index contributed by atoms with van der Waals surface area (Å²) in [6.45, 7) is 10.5. The predicted molar refractivity (Wildman–Crippen MR) is 115 cm³/mol. The van der Waals surface area contributed by atoms with Crippen LogP contribution in [0, 0.1) is 0 Å². The van der Waals surface area contributed by atoms with Gasteiger partial charge in [-0.25, -0.2) is 8.42 Å². The molecule has 3 aliphatic rings. The summed E-state index contributed by atoms with van der Waals surface area (Å²) in [5.74, 6) is 0.398. The molecule has 3 heterocycles. The smallest absolute Gasteiger partial charge is 0.243 e. The topological polar surface area (TPSA) is 53.1 Å². The normalized spacial score (nSPS) is 27.1. The molecule has 1 aromatic rings. The van der Waals surface area contributed by atoms with Gasteiger partial charge in [0.2, 0.25) is 10.0 Å². The number of likely N-dealkylation sites (N-methyl/N-ethyl adjacent to an activating group) is 1. The lowest BCUT2D eigenvalue weighted by molar-refractivity contribution is -0.0319. The first kappa shape index (κ1) is 21.2. The van der Waals surface area contributed by atoms with Crippen molar-refractivity contribution >= 4 is 10.0 Å². The Kier molecular flexibility index (Phi) is 6.06. The highest BCUT2D eigenvalue weighted by atomic mass is 32.2. The highest BCUT2D eigenvalue weighted by Crippen LogP contribution is 2.39. The standard InChI is InChI=1S/C22H35N3O3S/c1-18(2)19-4-6-21(7-5-19)29(26,27)25-10-8-22(9-11-25)16-20(17-28-22)24-14-12-23(3)13-15-24/h4-7,18,20H,8-17H2,1-3H3/t20-/m1/s1. The Labute approximate surface area is 175 Å². The zero-order valence-corrected chi connectivity index (χ0v) is 18.8. The van der Waals surface area contributed by atoms with Crippen molar-refractivity contribution in [2.24, 2.45) is 0 Å². The average Bonchev–Trinajstić information content (AvgIpc) is 3.12. The molecule has 4 rings (SSSR count). The molecule has 0 N–H and O–H groups in total. The van der Waals surface area contributed by atoms with Gasteiger partial charge in [0.25, 0.3) is 0 Å². The molecule has 3 fully saturated rings. The molecule has 162 valence electrons. The molecule has 3 saturated heterocycles. The van der Waals surface area contributed by atoms with E-state index in [0.29, 0.717) is 29.9 Å². The second kappa shape index (κ2) is 8.27. The first-order valence-electron chi connectivity index (χ1n) is 11.0. The van der Waals surface area contributed by atoms with Gasteiger partial charge in [-0.1, -0.05) is 26.0 Å². The Morgan fingerprint density at radius 2 is 1.62 bits per heavy atom.